The van der Waals surface area contributed by atoms with Crippen LogP contribution in [0, 0.1) is 56.7 Å². The summed E-state index contributed by atoms with van der Waals surface area (Å²) in [5, 5.41) is 0. The van der Waals surface area contributed by atoms with Gasteiger partial charge in [0.15, 0.2) is 0 Å². The smallest absolute Gasteiger partial charge is 0.312 e. The minimum absolute atomic E-state index is 0.0806. The van der Waals surface area contributed by atoms with E-state index >= 15 is 0 Å². The third kappa shape index (κ3) is 4.20. The first-order valence-corrected chi connectivity index (χ1v) is 17.0. The van der Waals surface area contributed by atoms with E-state index in [4.69, 9.17) is 9.47 Å². The lowest BCUT2D eigenvalue weighted by Crippen LogP contribution is -2.66. The molecular weight excluding hydrogens is 510 g/mol. The van der Waals surface area contributed by atoms with Crippen molar-refractivity contribution in [3.8, 4) is 0 Å². The number of morpholine rings is 1. The maximum Gasteiger partial charge on any atom is 0.312 e. The molecule has 5 nitrogen and oxygen atoms in total. The van der Waals surface area contributed by atoms with Crippen molar-refractivity contribution in [2.24, 2.45) is 56.7 Å². The predicted molar refractivity (Wildman–Crippen MR) is 162 cm³/mol. The number of esters is 1. The Bertz CT molecular complexity index is 1080. The fraction of sp³-hybridized carbons (Fsp3) is 0.889. The molecule has 1 aliphatic heterocycles. The molecule has 5 saturated carbocycles. The summed E-state index contributed by atoms with van der Waals surface area (Å²) in [5.74, 6) is 2.94. The molecule has 0 radical (unpaired) electrons. The molecule has 41 heavy (non-hydrogen) atoms. The molecule has 6 fully saturated rings. The van der Waals surface area contributed by atoms with Crippen LogP contribution < -0.4 is 0 Å². The monoisotopic (exact) mass is 567 g/mol. The van der Waals surface area contributed by atoms with Crippen molar-refractivity contribution in [1.29, 1.82) is 0 Å². The Morgan fingerprint density at radius 2 is 1.66 bits per heavy atom. The summed E-state index contributed by atoms with van der Waals surface area (Å²) in [5.41, 5.74) is 1.33. The highest BCUT2D eigenvalue weighted by molar-refractivity contribution is 5.85. The van der Waals surface area contributed by atoms with E-state index in [1.54, 1.807) is 0 Å². The lowest BCUT2D eigenvalue weighted by molar-refractivity contribution is -0.236. The molecule has 0 unspecified atom stereocenters. The van der Waals surface area contributed by atoms with Gasteiger partial charge in [0.1, 0.15) is 12.4 Å². The molecule has 9 atom stereocenters. The number of rotatable bonds is 5. The fourth-order valence-electron chi connectivity index (χ4n) is 12.5. The van der Waals surface area contributed by atoms with E-state index in [1.165, 1.54) is 24.8 Å². The molecule has 0 N–H and O–H groups in total. The van der Waals surface area contributed by atoms with Gasteiger partial charge in [-0.25, -0.2) is 0 Å². The molecule has 230 valence electrons. The maximum atomic E-state index is 14.2. The van der Waals surface area contributed by atoms with E-state index in [0.717, 1.165) is 77.8 Å². The maximum absolute atomic E-state index is 14.2. The predicted octanol–water partition coefficient (Wildman–Crippen LogP) is 7.09. The molecule has 5 aliphatic carbocycles. The Morgan fingerprint density at radius 3 is 2.37 bits per heavy atom. The Labute approximate surface area is 249 Å². The Hall–Kier alpha value is -1.20. The highest BCUT2D eigenvalue weighted by atomic mass is 16.5. The van der Waals surface area contributed by atoms with Crippen LogP contribution in [0.1, 0.15) is 106 Å². The van der Waals surface area contributed by atoms with Gasteiger partial charge in [0, 0.05) is 31.5 Å². The average Bonchev–Trinajstić information content (AvgIpc) is 3.33. The van der Waals surface area contributed by atoms with E-state index in [1.807, 2.05) is 0 Å². The molecule has 0 amide bonds. The molecular formula is C36H57NO4. The van der Waals surface area contributed by atoms with Gasteiger partial charge in [-0.1, -0.05) is 46.8 Å². The van der Waals surface area contributed by atoms with Gasteiger partial charge in [0.25, 0.3) is 0 Å². The topological polar surface area (TPSA) is 55.8 Å². The molecule has 6 rings (SSSR count). The standard InChI is InChI=1S/C36H57NO4/c1-24(2)25-10-15-36(31(39)41-23-20-37-18-21-40-22-19-37)17-16-34(6)26(30(25)36)8-9-28-33(5)13-12-29(38)32(3,4)27(33)11-14-35(28,34)7/h25-28,30H,1,8-23H2,2-7H3/t25-,26+,27-,28+,30+,33-,34+,35+,36-/m0/s1. The van der Waals surface area contributed by atoms with Crippen LogP contribution in [0.25, 0.3) is 0 Å². The van der Waals surface area contributed by atoms with Crippen LogP contribution in [0.15, 0.2) is 12.2 Å². The number of ketones is 1. The Balaban J connectivity index is 1.28. The van der Waals surface area contributed by atoms with Crippen molar-refractivity contribution in [2.45, 2.75) is 106 Å². The number of allylic oxidation sites excluding steroid dienone is 1. The number of Topliss-reactive ketones (excluding diaryl/α,β-unsaturated/α-hetero) is 1. The van der Waals surface area contributed by atoms with Crippen molar-refractivity contribution in [3.63, 3.8) is 0 Å². The van der Waals surface area contributed by atoms with Crippen molar-refractivity contribution in [2.75, 3.05) is 39.5 Å². The third-order valence-electron chi connectivity index (χ3n) is 15.0. The van der Waals surface area contributed by atoms with E-state index in [0.29, 0.717) is 42.0 Å². The first-order chi connectivity index (χ1) is 19.3. The highest BCUT2D eigenvalue weighted by Crippen LogP contribution is 2.77. The zero-order valence-corrected chi connectivity index (χ0v) is 27.0. The van der Waals surface area contributed by atoms with Crippen molar-refractivity contribution in [1.82, 2.24) is 4.90 Å². The molecule has 0 aromatic heterocycles. The molecule has 0 aromatic carbocycles. The van der Waals surface area contributed by atoms with Crippen LogP contribution in [0.2, 0.25) is 0 Å². The van der Waals surface area contributed by atoms with Crippen LogP contribution in [0.5, 0.6) is 0 Å². The van der Waals surface area contributed by atoms with E-state index in [9.17, 15) is 9.59 Å². The molecule has 0 bridgehead atoms. The number of fused-ring (bicyclic) bond motifs is 7. The summed E-state index contributed by atoms with van der Waals surface area (Å²) in [6.45, 7) is 23.7. The summed E-state index contributed by atoms with van der Waals surface area (Å²) in [4.78, 5) is 29.6. The SMILES string of the molecule is C=C(C)[C@@H]1CC[C@]2(C(=O)OCCN3CCOCC3)CC[C@]3(C)[C@H](CC[C@@H]4[C@@]5(C)CCC(=O)C(C)(C)[C@@H]5CC[C@]43C)[C@@H]12. The Kier molecular flexibility index (Phi) is 7.41. The average molecular weight is 568 g/mol. The van der Waals surface area contributed by atoms with E-state index in [2.05, 4.69) is 53.0 Å². The summed E-state index contributed by atoms with van der Waals surface area (Å²) in [7, 11) is 0. The van der Waals surface area contributed by atoms with Crippen LogP contribution in [0.4, 0.5) is 0 Å². The van der Waals surface area contributed by atoms with Crippen molar-refractivity contribution >= 4 is 11.8 Å². The highest BCUT2D eigenvalue weighted by Gasteiger charge is 2.72. The number of carbonyl (C=O) groups is 2. The molecule has 1 heterocycles. The second-order valence-corrected chi connectivity index (χ2v) is 16.6. The molecule has 0 spiro atoms. The van der Waals surface area contributed by atoms with Gasteiger partial charge >= 0.3 is 5.97 Å². The van der Waals surface area contributed by atoms with Gasteiger partial charge in [0.05, 0.1) is 18.6 Å². The first-order valence-electron chi connectivity index (χ1n) is 17.0. The Morgan fingerprint density at radius 1 is 0.927 bits per heavy atom. The number of nitrogens with zero attached hydrogens (tertiary/aromatic N) is 1. The largest absolute Gasteiger partial charge is 0.464 e. The lowest BCUT2D eigenvalue weighted by atomic mass is 9.32. The van der Waals surface area contributed by atoms with Gasteiger partial charge < -0.3 is 9.47 Å². The number of hydrogen-bond acceptors (Lipinski definition) is 5. The minimum atomic E-state index is -0.359. The van der Waals surface area contributed by atoms with Crippen molar-refractivity contribution < 1.29 is 19.1 Å². The zero-order valence-electron chi connectivity index (χ0n) is 27.0. The number of ether oxygens (including phenoxy) is 2. The van der Waals surface area contributed by atoms with Gasteiger partial charge in [-0.2, -0.15) is 0 Å². The normalized spacial score (nSPS) is 47.5. The number of hydrogen-bond donors (Lipinski definition) is 0. The van der Waals surface area contributed by atoms with Gasteiger partial charge in [0.2, 0.25) is 0 Å². The molecule has 1 saturated heterocycles. The molecule has 6 aliphatic rings. The quantitative estimate of drug-likeness (QED) is 0.262. The minimum Gasteiger partial charge on any atom is -0.464 e. The first kappa shape index (κ1) is 29.9. The summed E-state index contributed by atoms with van der Waals surface area (Å²) < 4.78 is 11.7. The lowest BCUT2D eigenvalue weighted by Gasteiger charge is -2.72. The second kappa shape index (κ2) is 10.2. The zero-order chi connectivity index (χ0) is 29.4. The second-order valence-electron chi connectivity index (χ2n) is 16.6. The van der Waals surface area contributed by atoms with Crippen LogP contribution in [0.3, 0.4) is 0 Å². The van der Waals surface area contributed by atoms with Crippen LogP contribution in [-0.4, -0.2) is 56.1 Å². The van der Waals surface area contributed by atoms with Gasteiger partial charge in [-0.3, -0.25) is 14.5 Å². The van der Waals surface area contributed by atoms with Crippen LogP contribution >= 0.6 is 0 Å². The molecule has 5 heteroatoms. The summed E-state index contributed by atoms with van der Waals surface area (Å²) >= 11 is 0. The third-order valence-corrected chi connectivity index (χ3v) is 15.0. The fourth-order valence-corrected chi connectivity index (χ4v) is 12.5. The van der Waals surface area contributed by atoms with E-state index in [-0.39, 0.29) is 33.0 Å². The van der Waals surface area contributed by atoms with Crippen LogP contribution in [-0.2, 0) is 19.1 Å². The van der Waals surface area contributed by atoms with Gasteiger partial charge in [-0.05, 0) is 111 Å². The van der Waals surface area contributed by atoms with E-state index < -0.39 is 0 Å². The molecule has 0 aromatic rings. The number of carbonyl (C=O) groups excluding carboxylic acids is 2. The van der Waals surface area contributed by atoms with Gasteiger partial charge in [-0.15, -0.1) is 0 Å². The van der Waals surface area contributed by atoms with Crippen molar-refractivity contribution in [3.05, 3.63) is 12.2 Å². The summed E-state index contributed by atoms with van der Waals surface area (Å²) in [6.07, 6.45) is 10.7. The summed E-state index contributed by atoms with van der Waals surface area (Å²) in [6, 6.07) is 0.